The Labute approximate surface area is 124 Å². The van der Waals surface area contributed by atoms with Crippen LogP contribution in [0.2, 0.25) is 0 Å². The van der Waals surface area contributed by atoms with Gasteiger partial charge in [-0.25, -0.2) is 0 Å². The average Bonchev–Trinajstić information content (AvgIpc) is 2.35. The van der Waals surface area contributed by atoms with Crippen molar-refractivity contribution < 1.29 is 27.9 Å². The van der Waals surface area contributed by atoms with Crippen LogP contribution in [-0.2, 0) is 29.8 Å². The second kappa shape index (κ2) is 5.86. The van der Waals surface area contributed by atoms with Crippen molar-refractivity contribution >= 4 is 26.4 Å². The Morgan fingerprint density at radius 2 is 1.81 bits per heavy atom. The minimum Gasteiger partial charge on any atom is -0.480 e. The summed E-state index contributed by atoms with van der Waals surface area (Å²) in [5.41, 5.74) is 0.827. The van der Waals surface area contributed by atoms with E-state index in [1.165, 1.54) is 13.8 Å². The second-order valence-corrected chi connectivity index (χ2v) is 6.65. The van der Waals surface area contributed by atoms with Gasteiger partial charge in [-0.3, -0.25) is 9.59 Å². The summed E-state index contributed by atoms with van der Waals surface area (Å²) in [6, 6.07) is 5.29. The molecule has 0 atom stereocenters. The van der Waals surface area contributed by atoms with Crippen LogP contribution in [0.3, 0.4) is 0 Å². The summed E-state index contributed by atoms with van der Waals surface area (Å²) in [7, 11) is -2.19. The molecule has 0 saturated carbocycles. The molecule has 21 heavy (non-hydrogen) atoms. The van der Waals surface area contributed by atoms with Gasteiger partial charge in [-0.05, 0) is 12.1 Å². The van der Waals surface area contributed by atoms with Gasteiger partial charge in [-0.2, -0.15) is 0 Å². The highest BCUT2D eigenvalue weighted by atomic mass is 28.3. The van der Waals surface area contributed by atoms with Gasteiger partial charge in [0.1, 0.15) is 5.75 Å². The van der Waals surface area contributed by atoms with Gasteiger partial charge in [-0.15, -0.1) is 0 Å². The van der Waals surface area contributed by atoms with E-state index in [0.29, 0.717) is 17.5 Å². The molecule has 0 bridgehead atoms. The molecule has 0 spiro atoms. The van der Waals surface area contributed by atoms with E-state index in [0.717, 1.165) is 5.56 Å². The molecule has 0 unspecified atom stereocenters. The Morgan fingerprint density at radius 1 is 1.19 bits per heavy atom. The molecule has 0 amide bonds. The van der Waals surface area contributed by atoms with Crippen LogP contribution >= 0.6 is 0 Å². The van der Waals surface area contributed by atoms with Gasteiger partial charge in [0.25, 0.3) is 11.9 Å². The Hall–Kier alpha value is -1.86. The van der Waals surface area contributed by atoms with E-state index in [1.54, 1.807) is 18.2 Å². The van der Waals surface area contributed by atoms with E-state index < -0.39 is 27.0 Å². The summed E-state index contributed by atoms with van der Waals surface area (Å²) in [5, 5.41) is 0.649. The number of hydrogen-bond donors (Lipinski definition) is 0. The van der Waals surface area contributed by atoms with Gasteiger partial charge in [0.15, 0.2) is 0 Å². The fraction of sp³-hybridized carbons (Fsp3) is 0.429. The number of carbonyl (C=O) groups excluding carboxylic acids is 2. The number of benzene rings is 1. The van der Waals surface area contributed by atoms with Crippen LogP contribution in [0.1, 0.15) is 33.3 Å². The van der Waals surface area contributed by atoms with Crippen LogP contribution in [0.5, 0.6) is 5.75 Å². The molecular formula is C14H17O6Si. The number of carbonyl (C=O) groups is 2. The number of ether oxygens (including phenoxy) is 2. The van der Waals surface area contributed by atoms with Crippen molar-refractivity contribution in [2.24, 2.45) is 0 Å². The average molecular weight is 309 g/mol. The molecule has 1 aromatic rings. The van der Waals surface area contributed by atoms with E-state index in [-0.39, 0.29) is 0 Å². The van der Waals surface area contributed by atoms with E-state index in [1.807, 2.05) is 13.8 Å². The summed E-state index contributed by atoms with van der Waals surface area (Å²) in [6.07, 6.45) is 0. The van der Waals surface area contributed by atoms with Crippen molar-refractivity contribution in [3.63, 3.8) is 0 Å². The number of fused-ring (bicyclic) bond motifs is 1. The standard InChI is InChI=1S/C14H17O6Si/c1-9(15)19-21(20-10(2)16)12-5-6-13-11(7-12)8-17-14(3,4)18-13/h5-7H,8H2,1-4H3. The van der Waals surface area contributed by atoms with Gasteiger partial charge in [0.05, 0.1) is 6.61 Å². The van der Waals surface area contributed by atoms with Crippen LogP contribution in [0, 0.1) is 0 Å². The summed E-state index contributed by atoms with van der Waals surface area (Å²) < 4.78 is 21.5. The fourth-order valence-corrected chi connectivity index (χ4v) is 3.18. The van der Waals surface area contributed by atoms with Gasteiger partial charge < -0.3 is 18.3 Å². The van der Waals surface area contributed by atoms with Crippen molar-refractivity contribution in [2.45, 2.75) is 40.1 Å². The molecule has 1 aromatic carbocycles. The van der Waals surface area contributed by atoms with Crippen LogP contribution in [0.15, 0.2) is 18.2 Å². The number of hydrogen-bond acceptors (Lipinski definition) is 6. The minimum atomic E-state index is -2.19. The van der Waals surface area contributed by atoms with Gasteiger partial charge >= 0.3 is 9.28 Å². The van der Waals surface area contributed by atoms with E-state index in [4.69, 9.17) is 18.3 Å². The molecule has 0 aromatic heterocycles. The van der Waals surface area contributed by atoms with Crippen LogP contribution in [-0.4, -0.2) is 27.0 Å². The third kappa shape index (κ3) is 4.05. The minimum absolute atomic E-state index is 0.380. The van der Waals surface area contributed by atoms with Crippen LogP contribution < -0.4 is 9.92 Å². The maximum absolute atomic E-state index is 11.1. The first-order valence-electron chi connectivity index (χ1n) is 6.47. The molecule has 0 fully saturated rings. The van der Waals surface area contributed by atoms with Gasteiger partial charge in [-0.1, -0.05) is 6.07 Å². The van der Waals surface area contributed by atoms with Crippen LogP contribution in [0.25, 0.3) is 0 Å². The Balaban J connectivity index is 2.26. The molecule has 113 valence electrons. The summed E-state index contributed by atoms with van der Waals surface area (Å²) in [5.74, 6) is -0.941. The fourth-order valence-electron chi connectivity index (χ4n) is 1.86. The lowest BCUT2D eigenvalue weighted by Crippen LogP contribution is -2.41. The predicted molar refractivity (Wildman–Crippen MR) is 74.9 cm³/mol. The van der Waals surface area contributed by atoms with Crippen molar-refractivity contribution in [3.05, 3.63) is 23.8 Å². The summed E-state index contributed by atoms with van der Waals surface area (Å²) in [4.78, 5) is 22.3. The van der Waals surface area contributed by atoms with Crippen molar-refractivity contribution in [1.29, 1.82) is 0 Å². The zero-order valence-corrected chi connectivity index (χ0v) is 13.4. The highest BCUT2D eigenvalue weighted by Gasteiger charge is 2.31. The van der Waals surface area contributed by atoms with E-state index in [9.17, 15) is 9.59 Å². The molecule has 2 rings (SSSR count). The molecule has 0 aliphatic carbocycles. The molecule has 1 heterocycles. The highest BCUT2D eigenvalue weighted by molar-refractivity contribution is 6.64. The molecule has 7 heteroatoms. The normalized spacial score (nSPS) is 15.9. The molecule has 6 nitrogen and oxygen atoms in total. The van der Waals surface area contributed by atoms with Crippen molar-refractivity contribution in [3.8, 4) is 5.75 Å². The molecule has 1 aliphatic rings. The zero-order valence-electron chi connectivity index (χ0n) is 12.4. The Kier molecular flexibility index (Phi) is 4.34. The van der Waals surface area contributed by atoms with Crippen molar-refractivity contribution in [2.75, 3.05) is 0 Å². The summed E-state index contributed by atoms with van der Waals surface area (Å²) >= 11 is 0. The largest absolute Gasteiger partial charge is 0.576 e. The van der Waals surface area contributed by atoms with Gasteiger partial charge in [0.2, 0.25) is 5.79 Å². The quantitative estimate of drug-likeness (QED) is 0.780. The smallest absolute Gasteiger partial charge is 0.480 e. The maximum atomic E-state index is 11.1. The number of rotatable bonds is 3. The maximum Gasteiger partial charge on any atom is 0.576 e. The Bertz CT molecular complexity index is 553. The monoisotopic (exact) mass is 309 g/mol. The SMILES string of the molecule is CC(=O)O[Si](OC(C)=O)c1ccc2c(c1)COC(C)(C)O2. The highest BCUT2D eigenvalue weighted by Crippen LogP contribution is 2.30. The predicted octanol–water partition coefficient (Wildman–Crippen LogP) is 1.15. The lowest BCUT2D eigenvalue weighted by atomic mass is 10.2. The van der Waals surface area contributed by atoms with Crippen molar-refractivity contribution in [1.82, 2.24) is 0 Å². The third-order valence-electron chi connectivity index (χ3n) is 2.70. The first kappa shape index (κ1) is 15.5. The summed E-state index contributed by atoms with van der Waals surface area (Å²) in [6.45, 7) is 6.60. The lowest BCUT2D eigenvalue weighted by molar-refractivity contribution is -0.180. The zero-order chi connectivity index (χ0) is 15.6. The topological polar surface area (TPSA) is 71.1 Å². The first-order valence-corrected chi connectivity index (χ1v) is 7.78. The first-order chi connectivity index (χ1) is 9.77. The molecule has 1 aliphatic heterocycles. The molecule has 0 saturated heterocycles. The third-order valence-corrected chi connectivity index (χ3v) is 4.43. The molecule has 1 radical (unpaired) electrons. The van der Waals surface area contributed by atoms with E-state index in [2.05, 4.69) is 0 Å². The molecule has 0 N–H and O–H groups in total. The van der Waals surface area contributed by atoms with Gasteiger partial charge in [0, 0.05) is 38.4 Å². The van der Waals surface area contributed by atoms with E-state index >= 15 is 0 Å². The molecular weight excluding hydrogens is 292 g/mol. The lowest BCUT2D eigenvalue weighted by Gasteiger charge is -2.32. The second-order valence-electron chi connectivity index (χ2n) is 5.09. The Morgan fingerprint density at radius 3 is 2.38 bits per heavy atom. The van der Waals surface area contributed by atoms with Crippen LogP contribution in [0.4, 0.5) is 0 Å².